The molecule has 0 aliphatic carbocycles. The maximum atomic E-state index is 9.64. The van der Waals surface area contributed by atoms with Gasteiger partial charge in [-0.3, -0.25) is 0 Å². The van der Waals surface area contributed by atoms with E-state index < -0.39 is 6.10 Å². The Morgan fingerprint density at radius 2 is 2.27 bits per heavy atom. The van der Waals surface area contributed by atoms with Crippen LogP contribution in [0.25, 0.3) is 0 Å². The number of hydrogen-bond donors (Lipinski definition) is 2. The van der Waals surface area contributed by atoms with E-state index in [-0.39, 0.29) is 6.54 Å². The lowest BCUT2D eigenvalue weighted by Crippen LogP contribution is -2.12. The molecular weight excluding hydrogens is 214 g/mol. The zero-order valence-electron chi connectivity index (χ0n) is 8.62. The van der Waals surface area contributed by atoms with Crippen molar-refractivity contribution in [2.75, 3.05) is 6.54 Å². The number of fused-ring (bicyclic) bond motifs is 1. The van der Waals surface area contributed by atoms with Gasteiger partial charge in [0.2, 0.25) is 0 Å². The van der Waals surface area contributed by atoms with Crippen LogP contribution in [0.2, 0.25) is 5.15 Å². The van der Waals surface area contributed by atoms with Gasteiger partial charge in [-0.2, -0.15) is 0 Å². The molecule has 1 aliphatic rings. The number of nitrogens with two attached hydrogens (primary N) is 1. The van der Waals surface area contributed by atoms with Crippen LogP contribution in [0.4, 0.5) is 0 Å². The molecule has 84 valence electrons. The third-order valence-electron chi connectivity index (χ3n) is 2.83. The van der Waals surface area contributed by atoms with Crippen LogP contribution in [0.1, 0.15) is 36.9 Å². The van der Waals surface area contributed by atoms with E-state index in [2.05, 4.69) is 4.98 Å². The third-order valence-corrected chi connectivity index (χ3v) is 3.23. The van der Waals surface area contributed by atoms with Gasteiger partial charge in [0.05, 0.1) is 0 Å². The summed E-state index contributed by atoms with van der Waals surface area (Å²) >= 11 is 6.17. The summed E-state index contributed by atoms with van der Waals surface area (Å²) in [5.41, 5.74) is 5.94. The van der Waals surface area contributed by atoms with Crippen LogP contribution in [0.3, 0.4) is 0 Å². The summed E-state index contributed by atoms with van der Waals surface area (Å²) in [6.45, 7) is 1.06. The van der Waals surface area contributed by atoms with Gasteiger partial charge in [0.15, 0.2) is 0 Å². The molecule has 1 atom stereocenters. The number of aliphatic hydroxyl groups excluding tert-OH is 1. The first-order valence-corrected chi connectivity index (χ1v) is 5.74. The summed E-state index contributed by atoms with van der Waals surface area (Å²) in [5.74, 6) is 0.986. The zero-order valence-corrected chi connectivity index (χ0v) is 9.37. The number of hydrogen-bond acceptors (Lipinski definition) is 3. The second kappa shape index (κ2) is 4.51. The Bertz CT molecular complexity index is 351. The molecule has 0 saturated carbocycles. The second-order valence-corrected chi connectivity index (χ2v) is 4.28. The first-order valence-electron chi connectivity index (χ1n) is 5.37. The molecule has 5 heteroatoms. The number of aliphatic hydroxyl groups is 1. The van der Waals surface area contributed by atoms with Crippen LogP contribution in [-0.4, -0.2) is 21.2 Å². The Morgan fingerprint density at radius 1 is 1.47 bits per heavy atom. The molecule has 1 aromatic rings. The van der Waals surface area contributed by atoms with Crippen molar-refractivity contribution < 1.29 is 5.11 Å². The SMILES string of the molecule is NCC(O)c1nc2n(c1Cl)CCCCC2. The lowest BCUT2D eigenvalue weighted by atomic mass is 10.2. The van der Waals surface area contributed by atoms with Gasteiger partial charge in [-0.25, -0.2) is 4.98 Å². The topological polar surface area (TPSA) is 64.1 Å². The summed E-state index contributed by atoms with van der Waals surface area (Å²) in [5, 5.41) is 10.2. The van der Waals surface area contributed by atoms with Crippen LogP contribution in [0.15, 0.2) is 0 Å². The molecule has 2 heterocycles. The number of imidazole rings is 1. The highest BCUT2D eigenvalue weighted by molar-refractivity contribution is 6.30. The standard InChI is InChI=1S/C10H16ClN3O/c11-10-9(7(15)6-12)13-8-4-2-1-3-5-14(8)10/h7,15H,1-6,12H2. The Labute approximate surface area is 94.1 Å². The van der Waals surface area contributed by atoms with Gasteiger partial charge in [0.25, 0.3) is 0 Å². The zero-order chi connectivity index (χ0) is 10.8. The first-order chi connectivity index (χ1) is 7.24. The largest absolute Gasteiger partial charge is 0.385 e. The lowest BCUT2D eigenvalue weighted by Gasteiger charge is -2.06. The van der Waals surface area contributed by atoms with Crippen LogP contribution >= 0.6 is 11.6 Å². The number of nitrogens with zero attached hydrogens (tertiary/aromatic N) is 2. The number of rotatable bonds is 2. The van der Waals surface area contributed by atoms with Crippen molar-refractivity contribution in [3.63, 3.8) is 0 Å². The summed E-state index contributed by atoms with van der Waals surface area (Å²) in [6.07, 6.45) is 3.69. The maximum Gasteiger partial charge on any atom is 0.134 e. The molecule has 1 unspecified atom stereocenters. The van der Waals surface area contributed by atoms with Gasteiger partial charge in [0.1, 0.15) is 22.8 Å². The molecule has 0 amide bonds. The maximum absolute atomic E-state index is 9.64. The average Bonchev–Trinajstić information content (AvgIpc) is 2.44. The third kappa shape index (κ3) is 2.02. The van der Waals surface area contributed by atoms with E-state index in [0.717, 1.165) is 31.6 Å². The summed E-state index contributed by atoms with van der Waals surface area (Å²) in [7, 11) is 0. The van der Waals surface area contributed by atoms with E-state index in [4.69, 9.17) is 17.3 Å². The molecule has 0 radical (unpaired) electrons. The number of aromatic nitrogens is 2. The predicted octanol–water partition coefficient (Wildman–Crippen LogP) is 1.26. The average molecular weight is 230 g/mol. The quantitative estimate of drug-likeness (QED) is 0.803. The second-order valence-electron chi connectivity index (χ2n) is 3.92. The predicted molar refractivity (Wildman–Crippen MR) is 58.8 cm³/mol. The van der Waals surface area contributed by atoms with Crippen LogP contribution < -0.4 is 5.73 Å². The fourth-order valence-corrected chi connectivity index (χ4v) is 2.32. The first kappa shape index (κ1) is 10.9. The molecule has 3 N–H and O–H groups in total. The number of aryl methyl sites for hydroxylation is 1. The van der Waals surface area contributed by atoms with Crippen molar-refractivity contribution in [2.24, 2.45) is 5.73 Å². The van der Waals surface area contributed by atoms with E-state index in [9.17, 15) is 5.11 Å². The summed E-state index contributed by atoms with van der Waals surface area (Å²) in [6, 6.07) is 0. The molecule has 0 spiro atoms. The fraction of sp³-hybridized carbons (Fsp3) is 0.700. The summed E-state index contributed by atoms with van der Waals surface area (Å²) in [4.78, 5) is 4.38. The molecule has 0 bridgehead atoms. The van der Waals surface area contributed by atoms with E-state index in [1.54, 1.807) is 0 Å². The number of halogens is 1. The van der Waals surface area contributed by atoms with Gasteiger partial charge < -0.3 is 15.4 Å². The van der Waals surface area contributed by atoms with E-state index in [0.29, 0.717) is 10.8 Å². The van der Waals surface area contributed by atoms with Crippen molar-refractivity contribution in [2.45, 2.75) is 38.3 Å². The monoisotopic (exact) mass is 229 g/mol. The van der Waals surface area contributed by atoms with E-state index >= 15 is 0 Å². The fourth-order valence-electron chi connectivity index (χ4n) is 1.97. The van der Waals surface area contributed by atoms with Crippen molar-refractivity contribution in [1.82, 2.24) is 9.55 Å². The van der Waals surface area contributed by atoms with E-state index in [1.807, 2.05) is 4.57 Å². The van der Waals surface area contributed by atoms with Crippen LogP contribution in [-0.2, 0) is 13.0 Å². The van der Waals surface area contributed by atoms with Gasteiger partial charge in [0, 0.05) is 19.5 Å². The van der Waals surface area contributed by atoms with Crippen molar-refractivity contribution in [1.29, 1.82) is 0 Å². The molecular formula is C10H16ClN3O. The molecule has 2 rings (SSSR count). The lowest BCUT2D eigenvalue weighted by molar-refractivity contribution is 0.182. The molecule has 4 nitrogen and oxygen atoms in total. The summed E-state index contributed by atoms with van der Waals surface area (Å²) < 4.78 is 2.00. The smallest absolute Gasteiger partial charge is 0.134 e. The Morgan fingerprint density at radius 3 is 3.00 bits per heavy atom. The van der Waals surface area contributed by atoms with E-state index in [1.165, 1.54) is 6.42 Å². The molecule has 0 fully saturated rings. The van der Waals surface area contributed by atoms with Gasteiger partial charge >= 0.3 is 0 Å². The Hall–Kier alpha value is -0.580. The van der Waals surface area contributed by atoms with Crippen LogP contribution in [0.5, 0.6) is 0 Å². The molecule has 1 aliphatic heterocycles. The van der Waals surface area contributed by atoms with Gasteiger partial charge in [-0.1, -0.05) is 18.0 Å². The van der Waals surface area contributed by atoms with Gasteiger partial charge in [-0.15, -0.1) is 0 Å². The van der Waals surface area contributed by atoms with Crippen molar-refractivity contribution in [3.8, 4) is 0 Å². The highest BCUT2D eigenvalue weighted by atomic mass is 35.5. The molecule has 15 heavy (non-hydrogen) atoms. The normalized spacial score (nSPS) is 18.3. The minimum absolute atomic E-state index is 0.163. The highest BCUT2D eigenvalue weighted by Gasteiger charge is 2.21. The molecule has 0 saturated heterocycles. The van der Waals surface area contributed by atoms with Crippen LogP contribution in [0, 0.1) is 0 Å². The molecule has 1 aromatic heterocycles. The Balaban J connectivity index is 2.35. The van der Waals surface area contributed by atoms with Gasteiger partial charge in [-0.05, 0) is 12.8 Å². The van der Waals surface area contributed by atoms with Crippen molar-refractivity contribution in [3.05, 3.63) is 16.7 Å². The van der Waals surface area contributed by atoms with Crippen molar-refractivity contribution >= 4 is 11.6 Å². The highest BCUT2D eigenvalue weighted by Crippen LogP contribution is 2.26. The minimum atomic E-state index is -0.739. The molecule has 0 aromatic carbocycles. The Kier molecular flexibility index (Phi) is 3.29. The minimum Gasteiger partial charge on any atom is -0.385 e.